The highest BCUT2D eigenvalue weighted by molar-refractivity contribution is 6.03. The number of halogens is 1. The quantitative estimate of drug-likeness (QED) is 0.690. The number of hydrogen-bond acceptors (Lipinski definition) is 4. The molecule has 2 N–H and O–H groups in total. The van der Waals surface area contributed by atoms with Crippen molar-refractivity contribution in [3.05, 3.63) is 83.1 Å². The molecule has 0 saturated carbocycles. The Morgan fingerprint density at radius 1 is 1.04 bits per heavy atom. The van der Waals surface area contributed by atoms with Crippen molar-refractivity contribution in [1.29, 1.82) is 0 Å². The van der Waals surface area contributed by atoms with Crippen molar-refractivity contribution in [1.82, 2.24) is 9.97 Å². The van der Waals surface area contributed by atoms with E-state index in [1.807, 2.05) is 32.0 Å². The molecule has 0 atom stereocenters. The predicted molar refractivity (Wildman–Crippen MR) is 104 cm³/mol. The molecule has 2 aromatic carbocycles. The molecular formula is C21H21FN4O. The first-order valence-electron chi connectivity index (χ1n) is 8.70. The number of nitrogens with one attached hydrogen (secondary N) is 2. The number of aromatic nitrogens is 2. The predicted octanol–water partition coefficient (Wildman–Crippen LogP) is 4.14. The topological polar surface area (TPSA) is 66.9 Å². The van der Waals surface area contributed by atoms with Crippen LogP contribution in [0.15, 0.2) is 54.9 Å². The second-order valence-corrected chi connectivity index (χ2v) is 6.36. The van der Waals surface area contributed by atoms with Gasteiger partial charge < -0.3 is 10.6 Å². The summed E-state index contributed by atoms with van der Waals surface area (Å²) in [7, 11) is 0. The van der Waals surface area contributed by atoms with Crippen molar-refractivity contribution >= 4 is 17.4 Å². The van der Waals surface area contributed by atoms with Gasteiger partial charge in [-0.2, -0.15) is 0 Å². The van der Waals surface area contributed by atoms with Gasteiger partial charge in [-0.15, -0.1) is 0 Å². The van der Waals surface area contributed by atoms with Gasteiger partial charge in [0.25, 0.3) is 5.91 Å². The fraction of sp³-hybridized carbons (Fsp3) is 0.190. The van der Waals surface area contributed by atoms with Crippen LogP contribution in [0.2, 0.25) is 0 Å². The van der Waals surface area contributed by atoms with Gasteiger partial charge in [0.2, 0.25) is 0 Å². The first kappa shape index (κ1) is 18.5. The van der Waals surface area contributed by atoms with Crippen molar-refractivity contribution in [3.8, 4) is 0 Å². The zero-order valence-corrected chi connectivity index (χ0v) is 15.3. The molecule has 0 bridgehead atoms. The third-order valence-corrected chi connectivity index (χ3v) is 4.16. The summed E-state index contributed by atoms with van der Waals surface area (Å²) < 4.78 is 12.9. The number of carbonyl (C=O) groups is 1. The summed E-state index contributed by atoms with van der Waals surface area (Å²) in [5.41, 5.74) is 4.20. The van der Waals surface area contributed by atoms with Crippen LogP contribution in [0.3, 0.4) is 0 Å². The number of rotatable bonds is 6. The molecule has 0 aliphatic heterocycles. The van der Waals surface area contributed by atoms with Gasteiger partial charge >= 0.3 is 0 Å². The van der Waals surface area contributed by atoms with Crippen molar-refractivity contribution in [3.63, 3.8) is 0 Å². The number of benzene rings is 2. The zero-order valence-electron chi connectivity index (χ0n) is 15.3. The lowest BCUT2D eigenvalue weighted by atomic mass is 10.1. The van der Waals surface area contributed by atoms with Crippen LogP contribution < -0.4 is 10.6 Å². The van der Waals surface area contributed by atoms with Crippen molar-refractivity contribution in [2.75, 3.05) is 17.2 Å². The van der Waals surface area contributed by atoms with Crippen LogP contribution in [0.25, 0.3) is 0 Å². The van der Waals surface area contributed by atoms with Crippen LogP contribution >= 0.6 is 0 Å². The molecule has 3 aromatic rings. The largest absolute Gasteiger partial charge is 0.370 e. The molecule has 0 unspecified atom stereocenters. The second-order valence-electron chi connectivity index (χ2n) is 6.36. The lowest BCUT2D eigenvalue weighted by Gasteiger charge is -2.10. The summed E-state index contributed by atoms with van der Waals surface area (Å²) in [5.74, 6) is 0.0332. The summed E-state index contributed by atoms with van der Waals surface area (Å²) in [5, 5.41) is 6.04. The van der Waals surface area contributed by atoms with E-state index < -0.39 is 0 Å². The Labute approximate surface area is 157 Å². The van der Waals surface area contributed by atoms with E-state index in [-0.39, 0.29) is 17.4 Å². The third-order valence-electron chi connectivity index (χ3n) is 4.16. The van der Waals surface area contributed by atoms with Gasteiger partial charge in [-0.1, -0.05) is 29.8 Å². The van der Waals surface area contributed by atoms with E-state index in [0.717, 1.165) is 22.4 Å². The van der Waals surface area contributed by atoms with Gasteiger partial charge in [0.05, 0.1) is 0 Å². The number of amides is 1. The van der Waals surface area contributed by atoms with Gasteiger partial charge in [-0.25, -0.2) is 14.4 Å². The number of aryl methyl sites for hydroxylation is 2. The number of nitrogens with zero attached hydrogens (tertiary/aromatic N) is 2. The van der Waals surface area contributed by atoms with Crippen LogP contribution in [-0.2, 0) is 6.42 Å². The maximum Gasteiger partial charge on any atom is 0.274 e. The van der Waals surface area contributed by atoms with Crippen LogP contribution in [-0.4, -0.2) is 22.4 Å². The normalized spacial score (nSPS) is 10.5. The Kier molecular flexibility index (Phi) is 5.76. The summed E-state index contributed by atoms with van der Waals surface area (Å²) in [6.45, 7) is 4.57. The second kappa shape index (κ2) is 8.40. The Hall–Kier alpha value is -3.28. The highest BCUT2D eigenvalue weighted by Gasteiger charge is 2.10. The average Bonchev–Trinajstić information content (AvgIpc) is 2.66. The summed E-state index contributed by atoms with van der Waals surface area (Å²) in [4.78, 5) is 20.7. The highest BCUT2D eigenvalue weighted by atomic mass is 19.1. The molecule has 27 heavy (non-hydrogen) atoms. The maximum atomic E-state index is 12.9. The minimum atomic E-state index is -0.286. The molecule has 6 heteroatoms. The SMILES string of the molecule is Cc1ccc(NC(=O)c2cc(NCCc3ccc(F)cc3)ncn2)c(C)c1. The molecule has 138 valence electrons. The highest BCUT2D eigenvalue weighted by Crippen LogP contribution is 2.17. The van der Waals surface area contributed by atoms with Gasteiger partial charge in [0.1, 0.15) is 23.7 Å². The van der Waals surface area contributed by atoms with Gasteiger partial charge in [-0.3, -0.25) is 4.79 Å². The minimum Gasteiger partial charge on any atom is -0.370 e. The van der Waals surface area contributed by atoms with E-state index in [4.69, 9.17) is 0 Å². The third kappa shape index (κ3) is 5.10. The van der Waals surface area contributed by atoms with E-state index in [9.17, 15) is 9.18 Å². The molecular weight excluding hydrogens is 343 g/mol. The summed E-state index contributed by atoms with van der Waals surface area (Å²) >= 11 is 0. The molecule has 0 spiro atoms. The zero-order chi connectivity index (χ0) is 19.2. The molecule has 1 amide bonds. The van der Waals surface area contributed by atoms with Gasteiger partial charge in [0, 0.05) is 18.3 Å². The van der Waals surface area contributed by atoms with Crippen molar-refractivity contribution in [2.45, 2.75) is 20.3 Å². The van der Waals surface area contributed by atoms with E-state index in [1.54, 1.807) is 18.2 Å². The molecule has 1 aromatic heterocycles. The Morgan fingerprint density at radius 2 is 1.81 bits per heavy atom. The maximum absolute atomic E-state index is 12.9. The minimum absolute atomic E-state index is 0.248. The van der Waals surface area contributed by atoms with Crippen LogP contribution in [0.5, 0.6) is 0 Å². The Bertz CT molecular complexity index is 941. The summed E-state index contributed by atoms with van der Waals surface area (Å²) in [6.07, 6.45) is 2.07. The van der Waals surface area contributed by atoms with Gasteiger partial charge in [0.15, 0.2) is 0 Å². The smallest absolute Gasteiger partial charge is 0.274 e. The van der Waals surface area contributed by atoms with Crippen LogP contribution in [0.1, 0.15) is 27.2 Å². The Morgan fingerprint density at radius 3 is 2.56 bits per heavy atom. The van der Waals surface area contributed by atoms with Crippen LogP contribution in [0.4, 0.5) is 15.9 Å². The van der Waals surface area contributed by atoms with Crippen molar-refractivity contribution in [2.24, 2.45) is 0 Å². The lowest BCUT2D eigenvalue weighted by Crippen LogP contribution is -2.16. The fourth-order valence-electron chi connectivity index (χ4n) is 2.70. The molecule has 3 rings (SSSR count). The molecule has 0 fully saturated rings. The van der Waals surface area contributed by atoms with E-state index in [2.05, 4.69) is 20.6 Å². The molecule has 0 saturated heterocycles. The average molecular weight is 364 g/mol. The Balaban J connectivity index is 1.60. The number of anilines is 2. The lowest BCUT2D eigenvalue weighted by molar-refractivity contribution is 0.102. The van der Waals surface area contributed by atoms with Crippen LogP contribution in [0, 0.1) is 19.7 Å². The standard InChI is InChI=1S/C21H21FN4O/c1-14-3-8-18(15(2)11-14)26-21(27)19-12-20(25-13-24-19)23-10-9-16-4-6-17(22)7-5-16/h3-8,11-13H,9-10H2,1-2H3,(H,26,27)(H,23,24,25). The monoisotopic (exact) mass is 364 g/mol. The molecule has 0 aliphatic rings. The number of carbonyl (C=O) groups excluding carboxylic acids is 1. The molecule has 1 heterocycles. The van der Waals surface area contributed by atoms with E-state index >= 15 is 0 Å². The first-order chi connectivity index (χ1) is 13.0. The van der Waals surface area contributed by atoms with E-state index in [0.29, 0.717) is 18.8 Å². The first-order valence-corrected chi connectivity index (χ1v) is 8.70. The van der Waals surface area contributed by atoms with E-state index in [1.165, 1.54) is 18.5 Å². The number of hydrogen-bond donors (Lipinski definition) is 2. The molecule has 5 nitrogen and oxygen atoms in total. The fourth-order valence-corrected chi connectivity index (χ4v) is 2.70. The molecule has 0 radical (unpaired) electrons. The molecule has 0 aliphatic carbocycles. The summed E-state index contributed by atoms with van der Waals surface area (Å²) in [6, 6.07) is 13.8. The van der Waals surface area contributed by atoms with Gasteiger partial charge in [-0.05, 0) is 49.6 Å². The van der Waals surface area contributed by atoms with Crippen molar-refractivity contribution < 1.29 is 9.18 Å².